The van der Waals surface area contributed by atoms with E-state index in [1.807, 2.05) is 59.7 Å². The minimum Gasteiger partial charge on any atom is -0.386 e. The van der Waals surface area contributed by atoms with Crippen LogP contribution in [0.5, 0.6) is 0 Å². The van der Waals surface area contributed by atoms with Crippen LogP contribution in [0.3, 0.4) is 0 Å². The highest BCUT2D eigenvalue weighted by molar-refractivity contribution is 5.98. The minimum absolute atomic E-state index is 0.0373. The molecule has 0 bridgehead atoms. The maximum Gasteiger partial charge on any atom is 0.312 e. The van der Waals surface area contributed by atoms with E-state index in [4.69, 9.17) is 44.8 Å². The summed E-state index contributed by atoms with van der Waals surface area (Å²) in [6.07, 6.45) is 0.0257. The number of hydrogen-bond acceptors (Lipinski definition) is 19. The summed E-state index contributed by atoms with van der Waals surface area (Å²) in [6, 6.07) is 9.94. The number of methoxy groups -OCH3 is 2. The van der Waals surface area contributed by atoms with Crippen molar-refractivity contribution in [2.45, 2.75) is 175 Å². The molecule has 1 heterocycles. The molecule has 2 unspecified atom stereocenters. The number of urea groups is 1. The number of likely N-dealkylation sites (N-methyl/N-ethyl adjacent to an activating group) is 2. The first-order valence-electron chi connectivity index (χ1n) is 33.6. The smallest absolute Gasteiger partial charge is 0.312 e. The third-order valence-electron chi connectivity index (χ3n) is 17.2. The molecule has 2 aromatic rings. The summed E-state index contributed by atoms with van der Waals surface area (Å²) in [5.41, 5.74) is 7.11. The predicted octanol–water partition coefficient (Wildman–Crippen LogP) is 3.39. The number of likely N-dealkylation sites (tertiary alicyclic amines) is 1. The molecule has 1 aliphatic rings. The molecular weight excluding hydrogens is 1240 g/mol. The van der Waals surface area contributed by atoms with Crippen molar-refractivity contribution in [3.8, 4) is 0 Å². The maximum absolute atomic E-state index is 14.8. The maximum atomic E-state index is 14.8. The van der Waals surface area contributed by atoms with Crippen LogP contribution in [0, 0.1) is 29.6 Å². The Bertz CT molecular complexity index is 2630. The second-order valence-corrected chi connectivity index (χ2v) is 25.6. The lowest BCUT2D eigenvalue weighted by atomic mass is 9.89. The summed E-state index contributed by atoms with van der Waals surface area (Å²) in [4.78, 5) is 119. The summed E-state index contributed by atoms with van der Waals surface area (Å²) in [7, 11) is 6.51. The number of nitrogens with two attached hydrogens (primary N) is 2. The van der Waals surface area contributed by atoms with Crippen LogP contribution >= 0.6 is 0 Å². The zero-order valence-electron chi connectivity index (χ0n) is 59.3. The first kappa shape index (κ1) is 83.8. The van der Waals surface area contributed by atoms with E-state index >= 15 is 0 Å². The SMILES string of the molecule is CC[C@H](C)[C@@H]([C@@H](CC(=O)N1CCC[C@H]1[C@H](OC)[C@@H](C)C(=O)N[C@H](C)[C@@H](O)c1ccccc1)OC)N(C)C(=O)[C@@H](NC(=O)[C@H](C(C)C)N(C)COCc1ccc(NC(=O)C(CCCNC(N)=O)NC(=O)C(NC(=O)COCCOCCOCCOCCON)C(C)C)cc1)C(C)C. The predicted molar refractivity (Wildman–Crippen MR) is 362 cm³/mol. The molecule has 1 aliphatic heterocycles. The Balaban J connectivity index is 1.62. The summed E-state index contributed by atoms with van der Waals surface area (Å²) >= 11 is 0. The van der Waals surface area contributed by atoms with E-state index < -0.39 is 90.3 Å². The summed E-state index contributed by atoms with van der Waals surface area (Å²) in [5.74, 6) is 0.349. The number of benzene rings is 2. The summed E-state index contributed by atoms with van der Waals surface area (Å²) < 4.78 is 39.8. The van der Waals surface area contributed by atoms with Gasteiger partial charge in [0.25, 0.3) is 0 Å². The van der Waals surface area contributed by atoms with Gasteiger partial charge in [-0.3, -0.25) is 38.5 Å². The van der Waals surface area contributed by atoms with Crippen LogP contribution in [0.2, 0.25) is 0 Å². The van der Waals surface area contributed by atoms with E-state index in [9.17, 15) is 43.5 Å². The number of primary amides is 1. The molecule has 9 amide bonds. The van der Waals surface area contributed by atoms with Crippen molar-refractivity contribution in [2.24, 2.45) is 41.2 Å². The molecule has 28 heteroatoms. The quantitative estimate of drug-likeness (QED) is 0.0260. The topological polar surface area (TPSA) is 365 Å². The molecule has 1 saturated heterocycles. The Morgan fingerprint density at radius 3 is 1.84 bits per heavy atom. The van der Waals surface area contributed by atoms with E-state index in [0.717, 1.165) is 5.56 Å². The molecule has 96 heavy (non-hydrogen) atoms. The monoisotopic (exact) mass is 1360 g/mol. The van der Waals surface area contributed by atoms with E-state index in [2.05, 4.69) is 36.7 Å². The van der Waals surface area contributed by atoms with Crippen LogP contribution in [-0.4, -0.2) is 229 Å². The van der Waals surface area contributed by atoms with E-state index in [0.29, 0.717) is 70.1 Å². The number of amides is 9. The van der Waals surface area contributed by atoms with Crippen molar-refractivity contribution >= 4 is 53.1 Å². The number of rotatable bonds is 48. The molecule has 0 aliphatic carbocycles. The van der Waals surface area contributed by atoms with Gasteiger partial charge in [-0.25, -0.2) is 10.7 Å². The zero-order valence-corrected chi connectivity index (χ0v) is 59.3. The lowest BCUT2D eigenvalue weighted by Crippen LogP contribution is -2.60. The second kappa shape index (κ2) is 45.2. The molecule has 12 atom stereocenters. The fourth-order valence-electron chi connectivity index (χ4n) is 11.7. The van der Waals surface area contributed by atoms with Crippen molar-refractivity contribution in [1.29, 1.82) is 0 Å². The number of aliphatic hydroxyl groups is 1. The highest BCUT2D eigenvalue weighted by Crippen LogP contribution is 2.30. The Kier molecular flexibility index (Phi) is 39.5. The standard InChI is InChI=1S/C68H115N11O17/c1-15-46(8)60(54(89-13)39-56(81)79-30-20-24-53(79)62(90-14)47(9)63(83)72-48(10)61(82)50-21-17-16-18-22-50)78(12)67(87)58(44(4)5)76-66(86)59(45(6)7)77(11)42-95-40-49-25-27-51(28-26-49)73-64(84)52(23-19-29-71-68(69)88)74-65(85)57(43(2)3)75-55(80)41-94-36-35-92-32-31-91-33-34-93-37-38-96-70/h16-18,21-22,25-28,43-48,52-54,57-62,82H,15,19-20,23-24,29-42,70H2,1-14H3,(H,72,83)(H,73,84)(H,74,85)(H,75,80)(H,76,86)(H3,69,71,88)/t46-,47+,48+,52?,53-,54+,57?,58-,59-,60-,61+,62+/m0/s1. The Morgan fingerprint density at radius 1 is 0.688 bits per heavy atom. The molecule has 544 valence electrons. The highest BCUT2D eigenvalue weighted by Gasteiger charge is 2.44. The van der Waals surface area contributed by atoms with Gasteiger partial charge in [0.15, 0.2) is 0 Å². The number of ether oxygens (including phenoxy) is 7. The average molecular weight is 1360 g/mol. The number of anilines is 1. The second-order valence-electron chi connectivity index (χ2n) is 25.6. The van der Waals surface area contributed by atoms with Gasteiger partial charge in [0.2, 0.25) is 41.4 Å². The first-order valence-corrected chi connectivity index (χ1v) is 33.6. The van der Waals surface area contributed by atoms with E-state index in [-0.39, 0.29) is 113 Å². The van der Waals surface area contributed by atoms with Crippen molar-refractivity contribution < 1.29 is 81.5 Å². The zero-order chi connectivity index (χ0) is 71.4. The fourth-order valence-corrected chi connectivity index (χ4v) is 11.7. The number of aliphatic hydroxyl groups excluding tert-OH is 1. The van der Waals surface area contributed by atoms with E-state index in [1.54, 1.807) is 92.9 Å². The van der Waals surface area contributed by atoms with Gasteiger partial charge in [-0.05, 0) is 86.6 Å². The van der Waals surface area contributed by atoms with Gasteiger partial charge in [-0.2, -0.15) is 0 Å². The third-order valence-corrected chi connectivity index (χ3v) is 17.2. The minimum atomic E-state index is -1.07. The largest absolute Gasteiger partial charge is 0.386 e. The third kappa shape index (κ3) is 28.6. The van der Waals surface area contributed by atoms with Crippen LogP contribution in [0.1, 0.15) is 125 Å². The van der Waals surface area contributed by atoms with E-state index in [1.165, 1.54) is 14.2 Å². The average Bonchev–Trinajstić information content (AvgIpc) is 1.45. The lowest BCUT2D eigenvalue weighted by molar-refractivity contribution is -0.148. The Labute approximate surface area is 568 Å². The van der Waals surface area contributed by atoms with Crippen molar-refractivity contribution in [3.63, 3.8) is 0 Å². The Morgan fingerprint density at radius 2 is 1.29 bits per heavy atom. The molecule has 3 rings (SSSR count). The molecule has 0 aromatic heterocycles. The molecular formula is C68H115N11O17. The van der Waals surface area contributed by atoms with Gasteiger partial charge in [0.05, 0.1) is 121 Å². The van der Waals surface area contributed by atoms with Gasteiger partial charge in [-0.15, -0.1) is 0 Å². The van der Waals surface area contributed by atoms with Crippen LogP contribution in [0.25, 0.3) is 0 Å². The van der Waals surface area contributed by atoms with Crippen LogP contribution in [0.15, 0.2) is 54.6 Å². The van der Waals surface area contributed by atoms with Gasteiger partial charge in [0.1, 0.15) is 24.7 Å². The molecule has 28 nitrogen and oxygen atoms in total. The summed E-state index contributed by atoms with van der Waals surface area (Å²) in [6.45, 7) is 21.4. The van der Waals surface area contributed by atoms with Crippen molar-refractivity contribution in [2.75, 3.05) is 113 Å². The number of carbonyl (C=O) groups is 8. The van der Waals surface area contributed by atoms with Crippen LogP contribution < -0.4 is 43.5 Å². The first-order chi connectivity index (χ1) is 45.7. The molecule has 1 fully saturated rings. The van der Waals surface area contributed by atoms with Crippen LogP contribution in [-0.2, 0) is 78.2 Å². The molecule has 0 saturated carbocycles. The highest BCUT2D eigenvalue weighted by atomic mass is 16.6. The molecule has 11 N–H and O–H groups in total. The van der Waals surface area contributed by atoms with Gasteiger partial charge < -0.3 is 90.5 Å². The van der Waals surface area contributed by atoms with Gasteiger partial charge >= 0.3 is 6.03 Å². The number of nitrogens with zero attached hydrogens (tertiary/aromatic N) is 3. The van der Waals surface area contributed by atoms with Crippen molar-refractivity contribution in [1.82, 2.24) is 41.3 Å². The summed E-state index contributed by atoms with van der Waals surface area (Å²) in [5, 5.41) is 27.8. The fraction of sp³-hybridized carbons (Fsp3) is 0.706. The number of hydrogen-bond donors (Lipinski definition) is 9. The normalized spacial score (nSPS) is 16.8. The van der Waals surface area contributed by atoms with Gasteiger partial charge in [-0.1, -0.05) is 111 Å². The van der Waals surface area contributed by atoms with Crippen molar-refractivity contribution in [3.05, 3.63) is 65.7 Å². The lowest BCUT2D eigenvalue weighted by Gasteiger charge is -2.41. The van der Waals surface area contributed by atoms with Gasteiger partial charge in [0, 0.05) is 40.0 Å². The molecule has 0 spiro atoms. The Hall–Kier alpha value is -6.44. The number of nitrogens with one attached hydrogen (secondary N) is 6. The van der Waals surface area contributed by atoms with Crippen LogP contribution in [0.4, 0.5) is 10.5 Å². The number of carbonyl (C=O) groups excluding carboxylic acids is 8. The molecule has 0 radical (unpaired) electrons. The molecule has 2 aromatic carbocycles.